The Balaban J connectivity index is 2.00. The van der Waals surface area contributed by atoms with Gasteiger partial charge >= 0.3 is 6.09 Å². The first kappa shape index (κ1) is 16.2. The smallest absolute Gasteiger partial charge is 0.407 e. The maximum atomic E-state index is 11.4. The summed E-state index contributed by atoms with van der Waals surface area (Å²) in [6.45, 7) is 9.59. The zero-order valence-corrected chi connectivity index (χ0v) is 12.5. The highest BCUT2D eigenvalue weighted by Crippen LogP contribution is 2.13. The first-order valence-corrected chi connectivity index (χ1v) is 7.23. The molecule has 1 aliphatic rings. The van der Waals surface area contributed by atoms with E-state index in [1.807, 2.05) is 20.8 Å². The number of hydrogen-bond donors (Lipinski definition) is 2. The summed E-state index contributed by atoms with van der Waals surface area (Å²) in [6, 6.07) is 0. The standard InChI is InChI=1S/C14H28N2O3/c1-14(2,3)19-13(17)16-9-10-18-11-12-5-4-7-15-8-6-12/h12,15H,4-11H2,1-3H3,(H,16,17). The van der Waals surface area contributed by atoms with Crippen molar-refractivity contribution in [3.8, 4) is 0 Å². The van der Waals surface area contributed by atoms with Crippen molar-refractivity contribution in [2.75, 3.05) is 32.8 Å². The Morgan fingerprint density at radius 3 is 2.84 bits per heavy atom. The van der Waals surface area contributed by atoms with Crippen molar-refractivity contribution in [3.05, 3.63) is 0 Å². The minimum absolute atomic E-state index is 0.380. The Hall–Kier alpha value is -0.810. The molecule has 1 fully saturated rings. The van der Waals surface area contributed by atoms with Gasteiger partial charge in [-0.2, -0.15) is 0 Å². The van der Waals surface area contributed by atoms with Gasteiger partial charge in [-0.05, 0) is 59.0 Å². The number of rotatable bonds is 5. The van der Waals surface area contributed by atoms with Crippen molar-refractivity contribution in [3.63, 3.8) is 0 Å². The molecule has 0 aromatic heterocycles. The van der Waals surface area contributed by atoms with Crippen molar-refractivity contribution in [2.24, 2.45) is 5.92 Å². The summed E-state index contributed by atoms with van der Waals surface area (Å²) >= 11 is 0. The summed E-state index contributed by atoms with van der Waals surface area (Å²) < 4.78 is 10.7. The van der Waals surface area contributed by atoms with E-state index in [4.69, 9.17) is 9.47 Å². The van der Waals surface area contributed by atoms with E-state index in [-0.39, 0.29) is 6.09 Å². The molecule has 5 heteroatoms. The first-order chi connectivity index (χ1) is 8.97. The van der Waals surface area contributed by atoms with E-state index in [1.54, 1.807) is 0 Å². The molecule has 1 unspecified atom stereocenters. The summed E-state index contributed by atoms with van der Waals surface area (Å²) in [4.78, 5) is 11.4. The molecule has 0 aliphatic carbocycles. The molecule has 0 spiro atoms. The van der Waals surface area contributed by atoms with Crippen LogP contribution < -0.4 is 10.6 Å². The van der Waals surface area contributed by atoms with Gasteiger partial charge in [-0.3, -0.25) is 0 Å². The van der Waals surface area contributed by atoms with Crippen LogP contribution in [0.1, 0.15) is 40.0 Å². The number of ether oxygens (including phenoxy) is 2. The van der Waals surface area contributed by atoms with Gasteiger partial charge in [0.15, 0.2) is 0 Å². The zero-order chi connectivity index (χ0) is 14.1. The highest BCUT2D eigenvalue weighted by Gasteiger charge is 2.15. The van der Waals surface area contributed by atoms with Gasteiger partial charge in [-0.25, -0.2) is 4.79 Å². The van der Waals surface area contributed by atoms with E-state index >= 15 is 0 Å². The minimum atomic E-state index is -0.446. The number of amides is 1. The fourth-order valence-electron chi connectivity index (χ4n) is 2.05. The Morgan fingerprint density at radius 2 is 2.11 bits per heavy atom. The van der Waals surface area contributed by atoms with E-state index in [9.17, 15) is 4.79 Å². The lowest BCUT2D eigenvalue weighted by Gasteiger charge is -2.19. The largest absolute Gasteiger partial charge is 0.444 e. The maximum absolute atomic E-state index is 11.4. The second kappa shape index (κ2) is 8.38. The van der Waals surface area contributed by atoms with Crippen LogP contribution in [0.15, 0.2) is 0 Å². The summed E-state index contributed by atoms with van der Waals surface area (Å²) in [6.07, 6.45) is 3.26. The van der Waals surface area contributed by atoms with Crippen LogP contribution in [-0.4, -0.2) is 44.5 Å². The van der Waals surface area contributed by atoms with Crippen molar-refractivity contribution < 1.29 is 14.3 Å². The van der Waals surface area contributed by atoms with Crippen molar-refractivity contribution in [1.29, 1.82) is 0 Å². The summed E-state index contributed by atoms with van der Waals surface area (Å²) in [5, 5.41) is 6.08. The van der Waals surface area contributed by atoms with Crippen LogP contribution in [0.5, 0.6) is 0 Å². The lowest BCUT2D eigenvalue weighted by molar-refractivity contribution is 0.0482. The second-order valence-electron chi connectivity index (χ2n) is 6.05. The SMILES string of the molecule is CC(C)(C)OC(=O)NCCOCC1CCCNCC1. The molecule has 0 aromatic carbocycles. The number of nitrogens with one attached hydrogen (secondary N) is 2. The Kier molecular flexibility index (Phi) is 7.16. The summed E-state index contributed by atoms with van der Waals surface area (Å²) in [5.74, 6) is 0.650. The minimum Gasteiger partial charge on any atom is -0.444 e. The molecule has 1 saturated heterocycles. The fraction of sp³-hybridized carbons (Fsp3) is 0.929. The zero-order valence-electron chi connectivity index (χ0n) is 12.5. The van der Waals surface area contributed by atoms with Gasteiger partial charge in [0, 0.05) is 13.2 Å². The number of alkyl carbamates (subject to hydrolysis) is 1. The van der Waals surface area contributed by atoms with Crippen LogP contribution in [0.3, 0.4) is 0 Å². The average molecular weight is 272 g/mol. The highest BCUT2D eigenvalue weighted by atomic mass is 16.6. The Bertz CT molecular complexity index is 256. The van der Waals surface area contributed by atoms with Crippen LogP contribution in [0.25, 0.3) is 0 Å². The van der Waals surface area contributed by atoms with Gasteiger partial charge in [0.25, 0.3) is 0 Å². The van der Waals surface area contributed by atoms with Gasteiger partial charge in [0.1, 0.15) is 5.60 Å². The third-order valence-corrected chi connectivity index (χ3v) is 2.96. The third kappa shape index (κ3) is 8.83. The van der Waals surface area contributed by atoms with Gasteiger partial charge in [-0.1, -0.05) is 0 Å². The Morgan fingerprint density at radius 1 is 1.32 bits per heavy atom. The molecule has 112 valence electrons. The molecule has 1 rings (SSSR count). The molecular formula is C14H28N2O3. The molecule has 2 N–H and O–H groups in total. The molecule has 5 nitrogen and oxygen atoms in total. The third-order valence-electron chi connectivity index (χ3n) is 2.96. The summed E-state index contributed by atoms with van der Waals surface area (Å²) in [7, 11) is 0. The Labute approximate surface area is 116 Å². The maximum Gasteiger partial charge on any atom is 0.407 e. The lowest BCUT2D eigenvalue weighted by Crippen LogP contribution is -2.34. The molecule has 0 aromatic rings. The van der Waals surface area contributed by atoms with Gasteiger partial charge in [0.2, 0.25) is 0 Å². The van der Waals surface area contributed by atoms with Crippen molar-refractivity contribution in [2.45, 2.75) is 45.6 Å². The van der Waals surface area contributed by atoms with E-state index in [1.165, 1.54) is 19.3 Å². The van der Waals surface area contributed by atoms with E-state index in [0.717, 1.165) is 19.7 Å². The van der Waals surface area contributed by atoms with Crippen LogP contribution in [0.2, 0.25) is 0 Å². The number of hydrogen-bond acceptors (Lipinski definition) is 4. The van der Waals surface area contributed by atoms with Gasteiger partial charge < -0.3 is 20.1 Å². The van der Waals surface area contributed by atoms with Gasteiger partial charge in [0.05, 0.1) is 6.61 Å². The molecule has 1 heterocycles. The van der Waals surface area contributed by atoms with Crippen molar-refractivity contribution in [1.82, 2.24) is 10.6 Å². The highest BCUT2D eigenvalue weighted by molar-refractivity contribution is 5.67. The molecule has 0 saturated carbocycles. The molecule has 19 heavy (non-hydrogen) atoms. The molecule has 0 bridgehead atoms. The predicted octanol–water partition coefficient (Wildman–Crippen LogP) is 1.92. The van der Waals surface area contributed by atoms with E-state index < -0.39 is 5.60 Å². The summed E-state index contributed by atoms with van der Waals surface area (Å²) in [5.41, 5.74) is -0.446. The molecule has 1 amide bonds. The average Bonchev–Trinajstić information content (AvgIpc) is 2.54. The van der Waals surface area contributed by atoms with Crippen LogP contribution in [0.4, 0.5) is 4.79 Å². The fourth-order valence-corrected chi connectivity index (χ4v) is 2.05. The topological polar surface area (TPSA) is 59.6 Å². The predicted molar refractivity (Wildman–Crippen MR) is 75.3 cm³/mol. The van der Waals surface area contributed by atoms with Crippen LogP contribution >= 0.6 is 0 Å². The number of carbonyl (C=O) groups excluding carboxylic acids is 1. The molecule has 1 aliphatic heterocycles. The lowest BCUT2D eigenvalue weighted by atomic mass is 10.0. The van der Waals surface area contributed by atoms with Crippen LogP contribution in [0, 0.1) is 5.92 Å². The molecule has 1 atom stereocenters. The number of carbonyl (C=O) groups is 1. The molecule has 0 radical (unpaired) electrons. The van der Waals surface area contributed by atoms with E-state index in [0.29, 0.717) is 19.1 Å². The molecular weight excluding hydrogens is 244 g/mol. The van der Waals surface area contributed by atoms with Crippen molar-refractivity contribution >= 4 is 6.09 Å². The van der Waals surface area contributed by atoms with Crippen LogP contribution in [-0.2, 0) is 9.47 Å². The van der Waals surface area contributed by atoms with E-state index in [2.05, 4.69) is 10.6 Å². The first-order valence-electron chi connectivity index (χ1n) is 7.23. The quantitative estimate of drug-likeness (QED) is 0.751. The normalized spacial score (nSPS) is 20.7. The second-order valence-corrected chi connectivity index (χ2v) is 6.05. The van der Waals surface area contributed by atoms with Gasteiger partial charge in [-0.15, -0.1) is 0 Å². The monoisotopic (exact) mass is 272 g/mol.